The van der Waals surface area contributed by atoms with Gasteiger partial charge in [0.1, 0.15) is 0 Å². The predicted molar refractivity (Wildman–Crippen MR) is 71.7 cm³/mol. The maximum absolute atomic E-state index is 11.9. The average Bonchev–Trinajstić information content (AvgIpc) is 2.93. The molecule has 19 heavy (non-hydrogen) atoms. The highest BCUT2D eigenvalue weighted by atomic mass is 32.2. The predicted octanol–water partition coefficient (Wildman–Crippen LogP) is 0.897. The van der Waals surface area contributed by atoms with Crippen LogP contribution < -0.4 is 10.6 Å². The molecule has 0 aliphatic carbocycles. The molecule has 0 radical (unpaired) electrons. The largest absolute Gasteiger partial charge is 0.377 e. The number of hydrogen-bond acceptors (Lipinski definition) is 4. The van der Waals surface area contributed by atoms with Gasteiger partial charge in [-0.1, -0.05) is 30.3 Å². The first-order valence-corrected chi connectivity index (χ1v) is 7.12. The molecule has 1 aromatic carbocycles. The van der Waals surface area contributed by atoms with Crippen LogP contribution in [0.25, 0.3) is 0 Å². The lowest BCUT2D eigenvalue weighted by atomic mass is 9.99. The molecule has 3 amide bonds. The number of urea groups is 1. The lowest BCUT2D eigenvalue weighted by Gasteiger charge is -2.25. The lowest BCUT2D eigenvalue weighted by molar-refractivity contribution is -0.123. The summed E-state index contributed by atoms with van der Waals surface area (Å²) in [5.41, 5.74) is 0.301. The van der Waals surface area contributed by atoms with Gasteiger partial charge in [-0.3, -0.25) is 10.1 Å². The number of thioether (sulfide) groups is 1. The molecule has 2 unspecified atom stereocenters. The Balaban J connectivity index is 1.71. The second kappa shape index (κ2) is 4.86. The van der Waals surface area contributed by atoms with E-state index in [1.807, 2.05) is 30.3 Å². The lowest BCUT2D eigenvalue weighted by Crippen LogP contribution is -2.54. The van der Waals surface area contributed by atoms with Crippen molar-refractivity contribution in [3.05, 3.63) is 35.9 Å². The van der Waals surface area contributed by atoms with Crippen molar-refractivity contribution in [3.8, 4) is 0 Å². The summed E-state index contributed by atoms with van der Waals surface area (Å²) in [5.74, 6) is 0.514. The standard InChI is InChI=1S/C13H14N2O3S/c16-11-13(15-12(17)14-11)8-18-6-10(13)19-7-9-4-2-1-3-5-9/h1-5,10H,6-8H2,(H2,14,15,16,17). The van der Waals surface area contributed by atoms with E-state index in [2.05, 4.69) is 10.6 Å². The van der Waals surface area contributed by atoms with E-state index < -0.39 is 11.6 Å². The minimum atomic E-state index is -0.892. The van der Waals surface area contributed by atoms with Gasteiger partial charge in [-0.05, 0) is 5.56 Å². The van der Waals surface area contributed by atoms with E-state index in [0.29, 0.717) is 6.61 Å². The van der Waals surface area contributed by atoms with E-state index >= 15 is 0 Å². The van der Waals surface area contributed by atoms with Gasteiger partial charge in [0.05, 0.1) is 18.5 Å². The molecule has 6 heteroatoms. The molecule has 2 aliphatic rings. The molecule has 2 atom stereocenters. The van der Waals surface area contributed by atoms with Crippen LogP contribution in [0.15, 0.2) is 30.3 Å². The molecule has 2 saturated heterocycles. The fraction of sp³-hybridized carbons (Fsp3) is 0.385. The van der Waals surface area contributed by atoms with Gasteiger partial charge < -0.3 is 10.1 Å². The van der Waals surface area contributed by atoms with Gasteiger partial charge in [-0.15, -0.1) is 11.8 Å². The summed E-state index contributed by atoms with van der Waals surface area (Å²) < 4.78 is 5.41. The van der Waals surface area contributed by atoms with Crippen LogP contribution >= 0.6 is 11.8 Å². The Morgan fingerprint density at radius 1 is 1.32 bits per heavy atom. The van der Waals surface area contributed by atoms with Crippen molar-refractivity contribution in [1.29, 1.82) is 0 Å². The van der Waals surface area contributed by atoms with Gasteiger partial charge in [0.15, 0.2) is 5.54 Å². The summed E-state index contributed by atoms with van der Waals surface area (Å²) in [6.07, 6.45) is 0. The number of carbonyl (C=O) groups excluding carboxylic acids is 2. The fourth-order valence-electron chi connectivity index (χ4n) is 2.36. The topological polar surface area (TPSA) is 67.4 Å². The molecular weight excluding hydrogens is 264 g/mol. The zero-order valence-corrected chi connectivity index (χ0v) is 11.0. The highest BCUT2D eigenvalue weighted by molar-refractivity contribution is 7.99. The third kappa shape index (κ3) is 2.21. The monoisotopic (exact) mass is 278 g/mol. The smallest absolute Gasteiger partial charge is 0.322 e. The average molecular weight is 278 g/mol. The Hall–Kier alpha value is -1.53. The van der Waals surface area contributed by atoms with Gasteiger partial charge in [0.25, 0.3) is 5.91 Å². The van der Waals surface area contributed by atoms with Crippen molar-refractivity contribution in [2.45, 2.75) is 16.5 Å². The number of imide groups is 1. The van der Waals surface area contributed by atoms with E-state index in [-0.39, 0.29) is 17.8 Å². The molecule has 3 rings (SSSR count). The molecule has 2 aliphatic heterocycles. The summed E-state index contributed by atoms with van der Waals surface area (Å²) in [6, 6.07) is 9.60. The minimum absolute atomic E-state index is 0.0563. The van der Waals surface area contributed by atoms with Crippen LogP contribution in [0.5, 0.6) is 0 Å². The first kappa shape index (κ1) is 12.5. The third-order valence-corrected chi connectivity index (χ3v) is 4.85. The molecular formula is C13H14N2O3S. The Morgan fingerprint density at radius 2 is 2.11 bits per heavy atom. The number of nitrogens with one attached hydrogen (secondary N) is 2. The number of amides is 3. The summed E-state index contributed by atoms with van der Waals surface area (Å²) >= 11 is 1.64. The van der Waals surface area contributed by atoms with Crippen LogP contribution in [0.4, 0.5) is 4.79 Å². The highest BCUT2D eigenvalue weighted by Crippen LogP contribution is 2.34. The van der Waals surface area contributed by atoms with E-state index in [9.17, 15) is 9.59 Å². The molecule has 2 fully saturated rings. The Kier molecular flexibility index (Phi) is 3.20. The van der Waals surface area contributed by atoms with Crippen molar-refractivity contribution in [2.24, 2.45) is 0 Å². The molecule has 0 saturated carbocycles. The quantitative estimate of drug-likeness (QED) is 0.806. The molecule has 2 heterocycles. The summed E-state index contributed by atoms with van der Waals surface area (Å²) in [4.78, 5) is 23.3. The van der Waals surface area contributed by atoms with Gasteiger partial charge >= 0.3 is 6.03 Å². The summed E-state index contributed by atoms with van der Waals surface area (Å²) in [6.45, 7) is 0.724. The van der Waals surface area contributed by atoms with Crippen LogP contribution in [-0.2, 0) is 15.3 Å². The van der Waals surface area contributed by atoms with Gasteiger partial charge in [0.2, 0.25) is 0 Å². The highest BCUT2D eigenvalue weighted by Gasteiger charge is 2.55. The minimum Gasteiger partial charge on any atom is -0.377 e. The molecule has 1 spiro atoms. The summed E-state index contributed by atoms with van der Waals surface area (Å²) in [5, 5.41) is 4.96. The number of hydrogen-bond donors (Lipinski definition) is 2. The van der Waals surface area contributed by atoms with Crippen molar-refractivity contribution in [2.75, 3.05) is 13.2 Å². The molecule has 0 bridgehead atoms. The van der Waals surface area contributed by atoms with Crippen LogP contribution in [-0.4, -0.2) is 35.9 Å². The third-order valence-electron chi connectivity index (χ3n) is 3.41. The van der Waals surface area contributed by atoms with Gasteiger partial charge in [0, 0.05) is 5.75 Å². The SMILES string of the molecule is O=C1NC(=O)C2(COCC2SCc2ccccc2)N1. The number of benzene rings is 1. The van der Waals surface area contributed by atoms with Crippen molar-refractivity contribution < 1.29 is 14.3 Å². The van der Waals surface area contributed by atoms with E-state index in [1.165, 1.54) is 5.56 Å². The number of ether oxygens (including phenoxy) is 1. The van der Waals surface area contributed by atoms with E-state index in [1.54, 1.807) is 11.8 Å². The fourth-order valence-corrected chi connectivity index (χ4v) is 3.65. The number of rotatable bonds is 3. The van der Waals surface area contributed by atoms with Crippen LogP contribution in [0.3, 0.4) is 0 Å². The van der Waals surface area contributed by atoms with Crippen LogP contribution in [0.1, 0.15) is 5.56 Å². The molecule has 2 N–H and O–H groups in total. The van der Waals surface area contributed by atoms with Gasteiger partial charge in [-0.25, -0.2) is 4.79 Å². The second-order valence-electron chi connectivity index (χ2n) is 4.68. The normalized spacial score (nSPS) is 29.6. The first-order chi connectivity index (χ1) is 9.21. The zero-order chi connectivity index (χ0) is 13.3. The first-order valence-electron chi connectivity index (χ1n) is 6.07. The molecule has 100 valence electrons. The maximum Gasteiger partial charge on any atom is 0.322 e. The molecule has 1 aromatic rings. The number of carbonyl (C=O) groups is 2. The Morgan fingerprint density at radius 3 is 2.79 bits per heavy atom. The van der Waals surface area contributed by atoms with Crippen LogP contribution in [0.2, 0.25) is 0 Å². The van der Waals surface area contributed by atoms with Crippen molar-refractivity contribution in [3.63, 3.8) is 0 Å². The Bertz CT molecular complexity index is 508. The van der Waals surface area contributed by atoms with E-state index in [4.69, 9.17) is 4.74 Å². The van der Waals surface area contributed by atoms with Crippen molar-refractivity contribution >= 4 is 23.7 Å². The van der Waals surface area contributed by atoms with Crippen LogP contribution in [0, 0.1) is 0 Å². The maximum atomic E-state index is 11.9. The zero-order valence-electron chi connectivity index (χ0n) is 10.2. The molecule has 0 aromatic heterocycles. The summed E-state index contributed by atoms with van der Waals surface area (Å²) in [7, 11) is 0. The van der Waals surface area contributed by atoms with E-state index in [0.717, 1.165) is 5.75 Å². The van der Waals surface area contributed by atoms with Gasteiger partial charge in [-0.2, -0.15) is 0 Å². The second-order valence-corrected chi connectivity index (χ2v) is 5.87. The Labute approximate surface area is 115 Å². The van der Waals surface area contributed by atoms with Crippen molar-refractivity contribution in [1.82, 2.24) is 10.6 Å². The molecule has 5 nitrogen and oxygen atoms in total.